The maximum Gasteiger partial charge on any atom is 0.158 e. The van der Waals surface area contributed by atoms with Gasteiger partial charge in [0, 0.05) is 0 Å². The van der Waals surface area contributed by atoms with Crippen molar-refractivity contribution in [2.75, 3.05) is 18.7 Å². The van der Waals surface area contributed by atoms with Gasteiger partial charge in [0.1, 0.15) is 5.75 Å². The Bertz CT molecular complexity index is 301. The molecule has 70 valence electrons. The Hall–Kier alpha value is -1.16. The Morgan fingerprint density at radius 1 is 1.46 bits per heavy atom. The van der Waals surface area contributed by atoms with E-state index in [1.54, 1.807) is 7.11 Å². The highest BCUT2D eigenvalue weighted by Crippen LogP contribution is 2.23. The van der Waals surface area contributed by atoms with E-state index in [1.807, 2.05) is 30.5 Å². The monoisotopic (exact) mass is 196 g/mol. The summed E-state index contributed by atoms with van der Waals surface area (Å²) in [7, 11) is 1.61. The molecule has 0 bridgehead atoms. The molecule has 1 aromatic carbocycles. The van der Waals surface area contributed by atoms with Crippen LogP contribution < -0.4 is 10.1 Å². The molecule has 0 aliphatic carbocycles. The number of benzene rings is 1. The van der Waals surface area contributed by atoms with Crippen molar-refractivity contribution >= 4 is 22.6 Å². The second-order valence-electron chi connectivity index (χ2n) is 2.36. The van der Waals surface area contributed by atoms with Gasteiger partial charge in [0.2, 0.25) is 0 Å². The van der Waals surface area contributed by atoms with E-state index in [2.05, 4.69) is 5.32 Å². The zero-order valence-electron chi connectivity index (χ0n) is 7.63. The fourth-order valence-corrected chi connectivity index (χ4v) is 1.13. The quantitative estimate of drug-likeness (QED) is 0.564. The van der Waals surface area contributed by atoms with Gasteiger partial charge >= 0.3 is 0 Å². The van der Waals surface area contributed by atoms with Crippen LogP contribution in [0.2, 0.25) is 0 Å². The Balaban J connectivity index is 2.81. The summed E-state index contributed by atoms with van der Waals surface area (Å²) in [5.41, 5.74) is 0.823. The number of hydrogen-bond acceptors (Lipinski definition) is 3. The molecule has 1 rings (SSSR count). The van der Waals surface area contributed by atoms with Crippen molar-refractivity contribution < 1.29 is 4.74 Å². The van der Waals surface area contributed by atoms with Crippen LogP contribution in [0.4, 0.5) is 5.69 Å². The minimum atomic E-state index is 0.407. The highest BCUT2D eigenvalue weighted by Gasteiger charge is 2.01. The molecular weight excluding hydrogens is 184 g/mol. The minimum absolute atomic E-state index is 0.407. The smallest absolute Gasteiger partial charge is 0.158 e. The van der Waals surface area contributed by atoms with Gasteiger partial charge < -0.3 is 10.1 Å². The van der Waals surface area contributed by atoms with Crippen LogP contribution in [-0.2, 0) is 0 Å². The first-order valence-electron chi connectivity index (χ1n) is 3.80. The number of anilines is 1. The third-order valence-electron chi connectivity index (χ3n) is 1.56. The number of hydrogen-bond donors (Lipinski definition) is 2. The number of thioether (sulfide) groups is 1. The van der Waals surface area contributed by atoms with Gasteiger partial charge in [-0.3, -0.25) is 5.41 Å². The molecule has 0 radical (unpaired) electrons. The van der Waals surface area contributed by atoms with E-state index in [1.165, 1.54) is 11.8 Å². The van der Waals surface area contributed by atoms with Crippen molar-refractivity contribution in [3.63, 3.8) is 0 Å². The lowest BCUT2D eigenvalue weighted by atomic mass is 10.3. The van der Waals surface area contributed by atoms with E-state index in [9.17, 15) is 0 Å². The van der Waals surface area contributed by atoms with Crippen LogP contribution in [0.5, 0.6) is 5.75 Å². The van der Waals surface area contributed by atoms with Gasteiger partial charge in [-0.15, -0.1) is 0 Å². The van der Waals surface area contributed by atoms with Crippen LogP contribution in [0.3, 0.4) is 0 Å². The number of rotatable bonds is 2. The number of methoxy groups -OCH3 is 1. The summed E-state index contributed by atoms with van der Waals surface area (Å²) < 4.78 is 5.12. The largest absolute Gasteiger partial charge is 0.495 e. The molecule has 0 aliphatic heterocycles. The Labute approximate surface area is 82.0 Å². The maximum absolute atomic E-state index is 7.44. The summed E-state index contributed by atoms with van der Waals surface area (Å²) in [6.07, 6.45) is 1.85. The molecule has 0 amide bonds. The number of nitrogens with one attached hydrogen (secondary N) is 2. The number of ether oxygens (including phenoxy) is 1. The topological polar surface area (TPSA) is 45.1 Å². The van der Waals surface area contributed by atoms with Crippen molar-refractivity contribution in [2.24, 2.45) is 0 Å². The molecule has 13 heavy (non-hydrogen) atoms. The minimum Gasteiger partial charge on any atom is -0.495 e. The molecule has 4 heteroatoms. The molecular formula is C9H12N2OS. The predicted molar refractivity (Wildman–Crippen MR) is 57.9 cm³/mol. The molecule has 3 nitrogen and oxygen atoms in total. The zero-order valence-corrected chi connectivity index (χ0v) is 8.44. The summed E-state index contributed by atoms with van der Waals surface area (Å²) in [5.74, 6) is 0.751. The summed E-state index contributed by atoms with van der Waals surface area (Å²) in [6.45, 7) is 0. The Kier molecular flexibility index (Phi) is 3.64. The van der Waals surface area contributed by atoms with E-state index < -0.39 is 0 Å². The van der Waals surface area contributed by atoms with Crippen LogP contribution in [0, 0.1) is 5.41 Å². The second-order valence-corrected chi connectivity index (χ2v) is 3.18. The normalized spacial score (nSPS) is 9.38. The molecule has 0 unspecified atom stereocenters. The number of para-hydroxylation sites is 2. The SMILES string of the molecule is COc1ccccc1NC(=N)SC. The number of amidine groups is 1. The van der Waals surface area contributed by atoms with E-state index in [-0.39, 0.29) is 0 Å². The zero-order chi connectivity index (χ0) is 9.68. The summed E-state index contributed by atoms with van der Waals surface area (Å²) in [6, 6.07) is 7.53. The molecule has 2 N–H and O–H groups in total. The van der Waals surface area contributed by atoms with Gasteiger partial charge in [-0.2, -0.15) is 0 Å². The third kappa shape index (κ3) is 2.66. The second kappa shape index (κ2) is 4.77. The summed E-state index contributed by atoms with van der Waals surface area (Å²) >= 11 is 1.36. The summed E-state index contributed by atoms with van der Waals surface area (Å²) in [5, 5.41) is 10.8. The van der Waals surface area contributed by atoms with Gasteiger partial charge in [0.25, 0.3) is 0 Å². The molecule has 0 aromatic heterocycles. The van der Waals surface area contributed by atoms with Gasteiger partial charge in [-0.1, -0.05) is 23.9 Å². The molecule has 0 spiro atoms. The Morgan fingerprint density at radius 3 is 2.77 bits per heavy atom. The van der Waals surface area contributed by atoms with E-state index >= 15 is 0 Å². The first-order chi connectivity index (χ1) is 6.27. The van der Waals surface area contributed by atoms with Crippen LogP contribution in [-0.4, -0.2) is 18.5 Å². The van der Waals surface area contributed by atoms with Gasteiger partial charge in [-0.25, -0.2) is 0 Å². The lowest BCUT2D eigenvalue weighted by Crippen LogP contribution is -2.06. The van der Waals surface area contributed by atoms with Crippen molar-refractivity contribution in [1.82, 2.24) is 0 Å². The lowest BCUT2D eigenvalue weighted by molar-refractivity contribution is 0.417. The highest BCUT2D eigenvalue weighted by molar-refractivity contribution is 8.13. The van der Waals surface area contributed by atoms with Gasteiger partial charge in [0.15, 0.2) is 5.17 Å². The van der Waals surface area contributed by atoms with E-state index in [0.717, 1.165) is 11.4 Å². The Morgan fingerprint density at radius 2 is 2.15 bits per heavy atom. The van der Waals surface area contributed by atoms with E-state index in [0.29, 0.717) is 5.17 Å². The first kappa shape index (κ1) is 9.92. The van der Waals surface area contributed by atoms with Gasteiger partial charge in [-0.05, 0) is 18.4 Å². The van der Waals surface area contributed by atoms with Crippen molar-refractivity contribution in [2.45, 2.75) is 0 Å². The fourth-order valence-electron chi connectivity index (χ4n) is 0.921. The van der Waals surface area contributed by atoms with Crippen molar-refractivity contribution in [3.8, 4) is 5.75 Å². The summed E-state index contributed by atoms with van der Waals surface area (Å²) in [4.78, 5) is 0. The van der Waals surface area contributed by atoms with Crippen LogP contribution in [0.15, 0.2) is 24.3 Å². The van der Waals surface area contributed by atoms with Crippen molar-refractivity contribution in [1.29, 1.82) is 5.41 Å². The average Bonchev–Trinajstić information content (AvgIpc) is 2.18. The fraction of sp³-hybridized carbons (Fsp3) is 0.222. The van der Waals surface area contributed by atoms with Crippen LogP contribution in [0.25, 0.3) is 0 Å². The first-order valence-corrected chi connectivity index (χ1v) is 5.03. The molecule has 0 aliphatic rings. The molecule has 0 fully saturated rings. The highest BCUT2D eigenvalue weighted by atomic mass is 32.2. The standard InChI is InChI=1S/C9H12N2OS/c1-12-8-6-4-3-5-7(8)11-9(10)13-2/h3-6H,1-2H3,(H2,10,11). The average molecular weight is 196 g/mol. The van der Waals surface area contributed by atoms with Crippen molar-refractivity contribution in [3.05, 3.63) is 24.3 Å². The lowest BCUT2D eigenvalue weighted by Gasteiger charge is -2.09. The molecule has 1 aromatic rings. The van der Waals surface area contributed by atoms with E-state index in [4.69, 9.17) is 10.1 Å². The maximum atomic E-state index is 7.44. The van der Waals surface area contributed by atoms with Crippen LogP contribution >= 0.6 is 11.8 Å². The molecule has 0 atom stereocenters. The van der Waals surface area contributed by atoms with Crippen LogP contribution in [0.1, 0.15) is 0 Å². The molecule has 0 saturated heterocycles. The molecule has 0 heterocycles. The predicted octanol–water partition coefficient (Wildman–Crippen LogP) is 2.40. The van der Waals surface area contributed by atoms with Gasteiger partial charge in [0.05, 0.1) is 12.8 Å². The third-order valence-corrected chi connectivity index (χ3v) is 2.07. The molecule has 0 saturated carbocycles.